The van der Waals surface area contributed by atoms with Gasteiger partial charge in [-0.05, 0) is 55.3 Å². The fourth-order valence-electron chi connectivity index (χ4n) is 3.59. The Labute approximate surface area is 89.5 Å². The normalized spacial score (nSPS) is 26.6. The Morgan fingerprint density at radius 3 is 1.93 bits per heavy atom. The van der Waals surface area contributed by atoms with Crippen LogP contribution >= 0.6 is 0 Å². The largest absolute Gasteiger partial charge is 0.0654 e. The number of hydrogen-bond acceptors (Lipinski definition) is 0. The van der Waals surface area contributed by atoms with E-state index in [2.05, 4.69) is 20.8 Å². The highest BCUT2D eigenvalue weighted by Gasteiger charge is 2.63. The second kappa shape index (κ2) is 3.54. The molecule has 0 bridgehead atoms. The minimum absolute atomic E-state index is 0.830. The van der Waals surface area contributed by atoms with Crippen molar-refractivity contribution in [1.82, 2.24) is 0 Å². The third kappa shape index (κ3) is 1.73. The van der Waals surface area contributed by atoms with Gasteiger partial charge in [-0.1, -0.05) is 33.6 Å². The van der Waals surface area contributed by atoms with Crippen LogP contribution in [0.1, 0.15) is 72.1 Å². The summed E-state index contributed by atoms with van der Waals surface area (Å²) in [5.41, 5.74) is 1.67. The number of hydrogen-bond donors (Lipinski definition) is 0. The van der Waals surface area contributed by atoms with E-state index in [4.69, 9.17) is 0 Å². The van der Waals surface area contributed by atoms with E-state index in [0.717, 1.165) is 16.7 Å². The van der Waals surface area contributed by atoms with Gasteiger partial charge in [0.25, 0.3) is 0 Å². The van der Waals surface area contributed by atoms with Crippen LogP contribution in [0.2, 0.25) is 0 Å². The lowest BCUT2D eigenvalue weighted by molar-refractivity contribution is 0.213. The average Bonchev–Trinajstić information content (AvgIpc) is 2.94. The molecule has 0 unspecified atom stereocenters. The molecule has 0 heterocycles. The Kier molecular flexibility index (Phi) is 2.66. The first-order chi connectivity index (χ1) is 6.64. The summed E-state index contributed by atoms with van der Waals surface area (Å²) in [4.78, 5) is 0. The van der Waals surface area contributed by atoms with Crippen molar-refractivity contribution in [3.05, 3.63) is 0 Å². The molecule has 2 aliphatic rings. The monoisotopic (exact) mass is 194 g/mol. The fraction of sp³-hybridized carbons (Fsp3) is 1.00. The van der Waals surface area contributed by atoms with Gasteiger partial charge in [0.05, 0.1) is 0 Å². The Bertz CT molecular complexity index is 194. The summed E-state index contributed by atoms with van der Waals surface area (Å²) in [7, 11) is 0. The van der Waals surface area contributed by atoms with Crippen LogP contribution in [-0.2, 0) is 0 Å². The molecule has 0 heteroatoms. The van der Waals surface area contributed by atoms with Crippen molar-refractivity contribution >= 4 is 0 Å². The Morgan fingerprint density at radius 1 is 1.00 bits per heavy atom. The molecule has 2 rings (SSSR count). The third-order valence-corrected chi connectivity index (χ3v) is 4.64. The molecule has 0 N–H and O–H groups in total. The van der Waals surface area contributed by atoms with E-state index in [0.29, 0.717) is 0 Å². The maximum absolute atomic E-state index is 2.40. The zero-order valence-corrected chi connectivity index (χ0v) is 10.2. The van der Waals surface area contributed by atoms with Gasteiger partial charge in [-0.25, -0.2) is 0 Å². The minimum atomic E-state index is 0.830. The van der Waals surface area contributed by atoms with Crippen LogP contribution in [0.15, 0.2) is 0 Å². The molecular weight excluding hydrogens is 168 g/mol. The maximum atomic E-state index is 2.40. The Balaban J connectivity index is 1.92. The topological polar surface area (TPSA) is 0 Å². The van der Waals surface area contributed by atoms with Gasteiger partial charge in [-0.2, -0.15) is 0 Å². The van der Waals surface area contributed by atoms with Crippen LogP contribution in [-0.4, -0.2) is 0 Å². The second-order valence-corrected chi connectivity index (χ2v) is 6.26. The van der Waals surface area contributed by atoms with Crippen LogP contribution in [0, 0.1) is 16.7 Å². The van der Waals surface area contributed by atoms with Gasteiger partial charge >= 0.3 is 0 Å². The molecule has 0 aromatic rings. The molecule has 82 valence electrons. The lowest BCUT2D eigenvalue weighted by atomic mass is 9.76. The van der Waals surface area contributed by atoms with Crippen LogP contribution in [0.3, 0.4) is 0 Å². The molecule has 2 saturated carbocycles. The molecule has 0 saturated heterocycles. The van der Waals surface area contributed by atoms with E-state index in [1.165, 1.54) is 25.7 Å². The highest BCUT2D eigenvalue weighted by molar-refractivity contribution is 5.14. The van der Waals surface area contributed by atoms with Gasteiger partial charge < -0.3 is 0 Å². The van der Waals surface area contributed by atoms with E-state index in [1.807, 2.05) is 0 Å². The molecule has 0 amide bonds. The van der Waals surface area contributed by atoms with Gasteiger partial charge in [0, 0.05) is 0 Å². The molecule has 2 fully saturated rings. The second-order valence-electron chi connectivity index (χ2n) is 6.26. The smallest absolute Gasteiger partial charge is 0.0238 e. The van der Waals surface area contributed by atoms with E-state index in [-0.39, 0.29) is 0 Å². The third-order valence-electron chi connectivity index (χ3n) is 4.64. The molecule has 0 aromatic heterocycles. The Morgan fingerprint density at radius 2 is 1.57 bits per heavy atom. The van der Waals surface area contributed by atoms with Crippen molar-refractivity contribution in [3.63, 3.8) is 0 Å². The van der Waals surface area contributed by atoms with Gasteiger partial charge in [0.15, 0.2) is 0 Å². The molecule has 0 nitrogen and oxygen atoms in total. The summed E-state index contributed by atoms with van der Waals surface area (Å²) in [5, 5.41) is 0. The summed E-state index contributed by atoms with van der Waals surface area (Å²) < 4.78 is 0. The molecule has 0 aromatic carbocycles. The summed E-state index contributed by atoms with van der Waals surface area (Å²) >= 11 is 0. The average molecular weight is 194 g/mol. The van der Waals surface area contributed by atoms with Crippen molar-refractivity contribution in [3.8, 4) is 0 Å². The van der Waals surface area contributed by atoms with E-state index >= 15 is 0 Å². The van der Waals surface area contributed by atoms with Crippen molar-refractivity contribution < 1.29 is 0 Å². The molecule has 0 aliphatic heterocycles. The predicted octanol–water partition coefficient (Wildman–Crippen LogP) is 4.78. The molecule has 14 heavy (non-hydrogen) atoms. The van der Waals surface area contributed by atoms with Crippen molar-refractivity contribution in [1.29, 1.82) is 0 Å². The predicted molar refractivity (Wildman–Crippen MR) is 62.3 cm³/mol. The zero-order chi connectivity index (χ0) is 10.2. The lowest BCUT2D eigenvalue weighted by Gasteiger charge is -2.28. The quantitative estimate of drug-likeness (QED) is 0.570. The van der Waals surface area contributed by atoms with E-state index in [9.17, 15) is 0 Å². The molecule has 2 aliphatic carbocycles. The molecule has 0 atom stereocenters. The minimum Gasteiger partial charge on any atom is -0.0654 e. The van der Waals surface area contributed by atoms with Crippen LogP contribution < -0.4 is 0 Å². The van der Waals surface area contributed by atoms with Gasteiger partial charge in [0.1, 0.15) is 0 Å². The van der Waals surface area contributed by atoms with Crippen LogP contribution in [0.4, 0.5) is 0 Å². The summed E-state index contributed by atoms with van der Waals surface area (Å²) in [6.07, 6.45) is 12.1. The first kappa shape index (κ1) is 10.5. The van der Waals surface area contributed by atoms with E-state index in [1.54, 1.807) is 25.7 Å². The SMILES string of the molecule is CCCCC1(C2(CC(C)C)CC2)CC1. The molecule has 0 spiro atoms. The lowest BCUT2D eigenvalue weighted by Crippen LogP contribution is -2.19. The molecular formula is C14H26. The summed E-state index contributed by atoms with van der Waals surface area (Å²) in [6.45, 7) is 7.13. The van der Waals surface area contributed by atoms with Crippen molar-refractivity contribution in [2.24, 2.45) is 16.7 Å². The van der Waals surface area contributed by atoms with Gasteiger partial charge in [0.2, 0.25) is 0 Å². The van der Waals surface area contributed by atoms with Crippen LogP contribution in [0.25, 0.3) is 0 Å². The highest BCUT2D eigenvalue weighted by atomic mass is 14.7. The first-order valence-electron chi connectivity index (χ1n) is 6.64. The summed E-state index contributed by atoms with van der Waals surface area (Å²) in [5.74, 6) is 0.914. The first-order valence-corrected chi connectivity index (χ1v) is 6.64. The number of unbranched alkanes of at least 4 members (excludes halogenated alkanes) is 1. The molecule has 0 radical (unpaired) electrons. The maximum Gasteiger partial charge on any atom is -0.0238 e. The number of rotatable bonds is 6. The summed E-state index contributed by atoms with van der Waals surface area (Å²) in [6, 6.07) is 0. The van der Waals surface area contributed by atoms with E-state index < -0.39 is 0 Å². The zero-order valence-electron chi connectivity index (χ0n) is 10.2. The fourth-order valence-corrected chi connectivity index (χ4v) is 3.59. The van der Waals surface area contributed by atoms with Gasteiger partial charge in [-0.15, -0.1) is 0 Å². The van der Waals surface area contributed by atoms with Crippen LogP contribution in [0.5, 0.6) is 0 Å². The van der Waals surface area contributed by atoms with Crippen molar-refractivity contribution in [2.75, 3.05) is 0 Å². The standard InChI is InChI=1S/C14H26/c1-4-5-6-13(7-8-13)14(9-10-14)11-12(2)3/h12H,4-11H2,1-3H3. The van der Waals surface area contributed by atoms with Crippen molar-refractivity contribution in [2.45, 2.75) is 72.1 Å². The van der Waals surface area contributed by atoms with Gasteiger partial charge in [-0.3, -0.25) is 0 Å². The highest BCUT2D eigenvalue weighted by Crippen LogP contribution is 2.74. The Hall–Kier alpha value is 0.